The third kappa shape index (κ3) is 5.77. The lowest BCUT2D eigenvalue weighted by Gasteiger charge is -2.34. The van der Waals surface area contributed by atoms with Crippen LogP contribution >= 0.6 is 0 Å². The first-order chi connectivity index (χ1) is 14.0. The number of carbonyl (C=O) groups is 1. The van der Waals surface area contributed by atoms with Crippen molar-refractivity contribution in [2.45, 2.75) is 37.9 Å². The Hall–Kier alpha value is -2.93. The van der Waals surface area contributed by atoms with Crippen LogP contribution in [0.25, 0.3) is 0 Å². The Balaban J connectivity index is 1.76. The predicted octanol–water partition coefficient (Wildman–Crippen LogP) is 3.12. The smallest absolute Gasteiger partial charge is 0.320 e. The van der Waals surface area contributed by atoms with Crippen LogP contribution in [0.3, 0.4) is 0 Å². The van der Waals surface area contributed by atoms with Gasteiger partial charge in [0, 0.05) is 6.42 Å². The van der Waals surface area contributed by atoms with Gasteiger partial charge in [-0.05, 0) is 23.6 Å². The molecule has 4 N–H and O–H groups in total. The topological polar surface area (TPSA) is 102 Å². The van der Waals surface area contributed by atoms with Crippen molar-refractivity contribution >= 4 is 5.97 Å². The molecule has 0 radical (unpaired) electrons. The van der Waals surface area contributed by atoms with Gasteiger partial charge in [0.15, 0.2) is 5.76 Å². The molecular formula is C23H25NO5. The molecule has 0 fully saturated rings. The first-order valence-corrected chi connectivity index (χ1v) is 9.42. The number of carboxylic acid groups (broad SMARTS) is 1. The second-order valence-corrected chi connectivity index (χ2v) is 7.01. The molecular weight excluding hydrogens is 370 g/mol. The summed E-state index contributed by atoms with van der Waals surface area (Å²) >= 11 is 0. The van der Waals surface area contributed by atoms with E-state index in [1.54, 1.807) is 12.2 Å². The van der Waals surface area contributed by atoms with Gasteiger partial charge >= 0.3 is 5.97 Å². The largest absolute Gasteiger partial charge is 0.488 e. The predicted molar refractivity (Wildman–Crippen MR) is 108 cm³/mol. The molecule has 0 amide bonds. The molecule has 152 valence electrons. The lowest BCUT2D eigenvalue weighted by Crippen LogP contribution is -2.39. The fourth-order valence-corrected chi connectivity index (χ4v) is 3.08. The molecule has 0 heterocycles. The number of allylic oxidation sites excluding steroid dienone is 2. The molecule has 0 bridgehead atoms. The average Bonchev–Trinajstić information content (AvgIpc) is 2.73. The van der Waals surface area contributed by atoms with Crippen molar-refractivity contribution < 1.29 is 24.5 Å². The standard InChI is InChI=1S/C23H25NO5/c24-20(22(25)26)13-19-11-12-21(28-15-17-7-3-1-4-8-17)23(27,14-19)29-16-18-9-5-2-6-10-18/h1-12,20,27H,13-16,24H2,(H,25,26). The molecule has 0 aliphatic heterocycles. The van der Waals surface area contributed by atoms with E-state index in [0.717, 1.165) is 11.1 Å². The van der Waals surface area contributed by atoms with Gasteiger partial charge in [0.1, 0.15) is 12.6 Å². The Labute approximate surface area is 169 Å². The van der Waals surface area contributed by atoms with E-state index in [1.807, 2.05) is 60.7 Å². The van der Waals surface area contributed by atoms with Crippen molar-refractivity contribution in [3.05, 3.63) is 95.3 Å². The van der Waals surface area contributed by atoms with E-state index >= 15 is 0 Å². The molecule has 6 heteroatoms. The van der Waals surface area contributed by atoms with Gasteiger partial charge in [-0.1, -0.05) is 72.3 Å². The zero-order chi connectivity index (χ0) is 20.7. The van der Waals surface area contributed by atoms with Gasteiger partial charge in [0.05, 0.1) is 6.61 Å². The molecule has 0 spiro atoms. The summed E-state index contributed by atoms with van der Waals surface area (Å²) in [6, 6.07) is 18.1. The molecule has 0 saturated heterocycles. The number of rotatable bonds is 9. The van der Waals surface area contributed by atoms with Crippen molar-refractivity contribution in [3.8, 4) is 0 Å². The van der Waals surface area contributed by atoms with Gasteiger partial charge in [0.2, 0.25) is 5.79 Å². The van der Waals surface area contributed by atoms with Crippen LogP contribution < -0.4 is 5.73 Å². The highest BCUT2D eigenvalue weighted by atomic mass is 16.6. The summed E-state index contributed by atoms with van der Waals surface area (Å²) in [5.41, 5.74) is 8.20. The summed E-state index contributed by atoms with van der Waals surface area (Å²) in [6.45, 7) is 0.461. The zero-order valence-electron chi connectivity index (χ0n) is 16.0. The van der Waals surface area contributed by atoms with Crippen LogP contribution in [-0.2, 0) is 27.5 Å². The minimum Gasteiger partial charge on any atom is -0.488 e. The molecule has 2 aromatic rings. The third-order valence-electron chi connectivity index (χ3n) is 4.68. The highest BCUT2D eigenvalue weighted by Crippen LogP contribution is 2.34. The number of ether oxygens (including phenoxy) is 2. The van der Waals surface area contributed by atoms with Gasteiger partial charge in [-0.3, -0.25) is 4.79 Å². The van der Waals surface area contributed by atoms with Gasteiger partial charge in [-0.2, -0.15) is 0 Å². The van der Waals surface area contributed by atoms with Crippen molar-refractivity contribution in [1.82, 2.24) is 0 Å². The number of aliphatic hydroxyl groups is 1. The first kappa shape index (κ1) is 20.8. The van der Waals surface area contributed by atoms with Gasteiger partial charge in [-0.15, -0.1) is 0 Å². The molecule has 29 heavy (non-hydrogen) atoms. The van der Waals surface area contributed by atoms with Crippen molar-refractivity contribution in [2.75, 3.05) is 0 Å². The van der Waals surface area contributed by atoms with Crippen LogP contribution in [0.15, 0.2) is 84.1 Å². The lowest BCUT2D eigenvalue weighted by atomic mass is 9.92. The Morgan fingerprint density at radius 2 is 1.59 bits per heavy atom. The highest BCUT2D eigenvalue weighted by Gasteiger charge is 2.38. The maximum Gasteiger partial charge on any atom is 0.320 e. The van der Waals surface area contributed by atoms with Crippen LogP contribution in [0, 0.1) is 0 Å². The maximum absolute atomic E-state index is 11.2. The summed E-state index contributed by atoms with van der Waals surface area (Å²) < 4.78 is 11.7. The molecule has 3 rings (SSSR count). The molecule has 1 aliphatic rings. The summed E-state index contributed by atoms with van der Waals surface area (Å²) in [4.78, 5) is 11.1. The minimum atomic E-state index is -1.70. The van der Waals surface area contributed by atoms with E-state index in [1.165, 1.54) is 0 Å². The number of hydrogen-bond acceptors (Lipinski definition) is 5. The van der Waals surface area contributed by atoms with E-state index < -0.39 is 17.8 Å². The molecule has 0 saturated carbocycles. The third-order valence-corrected chi connectivity index (χ3v) is 4.68. The van der Waals surface area contributed by atoms with E-state index in [4.69, 9.17) is 20.3 Å². The average molecular weight is 395 g/mol. The number of hydrogen-bond donors (Lipinski definition) is 3. The fraction of sp³-hybridized carbons (Fsp3) is 0.261. The van der Waals surface area contributed by atoms with Gasteiger partial charge < -0.3 is 25.4 Å². The number of nitrogens with two attached hydrogens (primary N) is 1. The van der Waals surface area contributed by atoms with E-state index in [2.05, 4.69) is 0 Å². The molecule has 6 nitrogen and oxygen atoms in total. The summed E-state index contributed by atoms with van der Waals surface area (Å²) in [6.07, 6.45) is 3.57. The summed E-state index contributed by atoms with van der Waals surface area (Å²) in [5, 5.41) is 20.3. The Morgan fingerprint density at radius 3 is 2.17 bits per heavy atom. The lowest BCUT2D eigenvalue weighted by molar-refractivity contribution is -0.208. The van der Waals surface area contributed by atoms with Gasteiger partial charge in [0.25, 0.3) is 0 Å². The normalized spacial score (nSPS) is 19.8. The van der Waals surface area contributed by atoms with E-state index in [-0.39, 0.29) is 31.8 Å². The van der Waals surface area contributed by atoms with E-state index in [0.29, 0.717) is 5.57 Å². The van der Waals surface area contributed by atoms with Crippen LogP contribution in [-0.4, -0.2) is 28.0 Å². The van der Waals surface area contributed by atoms with Crippen molar-refractivity contribution in [3.63, 3.8) is 0 Å². The summed E-state index contributed by atoms with van der Waals surface area (Å²) in [5.74, 6) is -2.51. The summed E-state index contributed by atoms with van der Waals surface area (Å²) in [7, 11) is 0. The number of carboxylic acids is 1. The van der Waals surface area contributed by atoms with E-state index in [9.17, 15) is 9.90 Å². The molecule has 2 unspecified atom stereocenters. The Kier molecular flexibility index (Phi) is 6.82. The number of aliphatic carboxylic acids is 1. The first-order valence-electron chi connectivity index (χ1n) is 9.42. The molecule has 2 atom stereocenters. The Morgan fingerprint density at radius 1 is 1.00 bits per heavy atom. The van der Waals surface area contributed by atoms with Crippen LogP contribution in [0.5, 0.6) is 0 Å². The monoisotopic (exact) mass is 395 g/mol. The van der Waals surface area contributed by atoms with Crippen LogP contribution in [0.4, 0.5) is 0 Å². The second-order valence-electron chi connectivity index (χ2n) is 7.01. The van der Waals surface area contributed by atoms with Crippen LogP contribution in [0.1, 0.15) is 24.0 Å². The number of benzene rings is 2. The highest BCUT2D eigenvalue weighted by molar-refractivity contribution is 5.73. The van der Waals surface area contributed by atoms with Crippen LogP contribution in [0.2, 0.25) is 0 Å². The SMILES string of the molecule is NC(CC1=CC=C(OCc2ccccc2)C(O)(OCc2ccccc2)C1)C(=O)O. The zero-order valence-corrected chi connectivity index (χ0v) is 16.0. The quantitative estimate of drug-likeness (QED) is 0.564. The van der Waals surface area contributed by atoms with Crippen molar-refractivity contribution in [2.24, 2.45) is 5.73 Å². The minimum absolute atomic E-state index is 0.0848. The molecule has 1 aliphatic carbocycles. The van der Waals surface area contributed by atoms with Crippen molar-refractivity contribution in [1.29, 1.82) is 0 Å². The molecule has 0 aromatic heterocycles. The second kappa shape index (κ2) is 9.52. The molecule has 2 aromatic carbocycles. The van der Waals surface area contributed by atoms with Gasteiger partial charge in [-0.25, -0.2) is 0 Å². The Bertz CT molecular complexity index is 879. The fourth-order valence-electron chi connectivity index (χ4n) is 3.08. The maximum atomic E-state index is 11.2.